The van der Waals surface area contributed by atoms with Gasteiger partial charge in [0.05, 0.1) is 17.5 Å². The van der Waals surface area contributed by atoms with E-state index < -0.39 is 16.7 Å². The van der Waals surface area contributed by atoms with Crippen LogP contribution in [-0.4, -0.2) is 21.7 Å². The fraction of sp³-hybridized carbons (Fsp3) is 0.0714. The van der Waals surface area contributed by atoms with Gasteiger partial charge in [-0.2, -0.15) is 10.2 Å². The molecule has 24 heavy (non-hydrogen) atoms. The third kappa shape index (κ3) is 4.65. The Bertz CT molecular complexity index is 801. The van der Waals surface area contributed by atoms with Crippen LogP contribution in [0.2, 0.25) is 0 Å². The van der Waals surface area contributed by atoms with E-state index in [2.05, 4.69) is 21.1 Å². The van der Waals surface area contributed by atoms with E-state index in [0.717, 1.165) is 11.8 Å². The molecule has 0 bridgehead atoms. The lowest BCUT2D eigenvalue weighted by Gasteiger charge is -2.02. The van der Waals surface area contributed by atoms with Crippen molar-refractivity contribution in [1.82, 2.24) is 5.43 Å². The lowest BCUT2D eigenvalue weighted by atomic mass is 10.3. The second kappa shape index (κ2) is 7.88. The number of hydrogen-bond acceptors (Lipinski definition) is 7. The SMILES string of the molecule is CC(=N\NC(=O)c1ccc([N+](=O)[O-])o1)/C(Cl)=N/Nc1ccccc1. The zero-order chi connectivity index (χ0) is 17.5. The Hall–Kier alpha value is -3.20. The molecule has 1 aromatic heterocycles. The minimum atomic E-state index is -0.747. The van der Waals surface area contributed by atoms with Gasteiger partial charge in [0, 0.05) is 0 Å². The molecule has 0 aliphatic carbocycles. The van der Waals surface area contributed by atoms with Crippen LogP contribution in [0.25, 0.3) is 0 Å². The maximum Gasteiger partial charge on any atom is 0.433 e. The van der Waals surface area contributed by atoms with Gasteiger partial charge >= 0.3 is 11.8 Å². The first-order valence-corrected chi connectivity index (χ1v) is 6.98. The molecule has 2 rings (SSSR count). The standard InChI is InChI=1S/C14H12ClN5O4/c1-9(13(15)18-17-10-5-3-2-4-6-10)16-19-14(21)11-7-8-12(24-11)20(22)23/h2-8,17H,1H3,(H,19,21)/b16-9+,18-13-. The summed E-state index contributed by atoms with van der Waals surface area (Å²) in [7, 11) is 0. The van der Waals surface area contributed by atoms with E-state index in [-0.39, 0.29) is 16.6 Å². The van der Waals surface area contributed by atoms with Crippen molar-refractivity contribution in [2.75, 3.05) is 5.43 Å². The van der Waals surface area contributed by atoms with Gasteiger partial charge in [0.25, 0.3) is 0 Å². The molecule has 0 aliphatic heterocycles. The largest absolute Gasteiger partial charge is 0.433 e. The van der Waals surface area contributed by atoms with E-state index in [1.54, 1.807) is 12.1 Å². The van der Waals surface area contributed by atoms with E-state index in [1.807, 2.05) is 18.2 Å². The van der Waals surface area contributed by atoms with Crippen molar-refractivity contribution in [2.24, 2.45) is 10.2 Å². The average molecular weight is 350 g/mol. The number of nitrogens with zero attached hydrogens (tertiary/aromatic N) is 3. The highest BCUT2D eigenvalue weighted by molar-refractivity contribution is 6.83. The van der Waals surface area contributed by atoms with E-state index in [4.69, 9.17) is 16.0 Å². The number of hydrazone groups is 2. The van der Waals surface area contributed by atoms with E-state index >= 15 is 0 Å². The molecule has 1 heterocycles. The number of amides is 1. The van der Waals surface area contributed by atoms with Crippen molar-refractivity contribution in [3.05, 3.63) is 58.3 Å². The Kier molecular flexibility index (Phi) is 5.63. The highest BCUT2D eigenvalue weighted by atomic mass is 35.5. The molecule has 10 heteroatoms. The number of nitro groups is 1. The summed E-state index contributed by atoms with van der Waals surface area (Å²) in [4.78, 5) is 21.5. The Balaban J connectivity index is 1.96. The van der Waals surface area contributed by atoms with Crippen molar-refractivity contribution in [2.45, 2.75) is 6.92 Å². The van der Waals surface area contributed by atoms with Crippen LogP contribution in [0.4, 0.5) is 11.6 Å². The van der Waals surface area contributed by atoms with Crippen LogP contribution >= 0.6 is 11.6 Å². The zero-order valence-electron chi connectivity index (χ0n) is 12.4. The maximum absolute atomic E-state index is 11.8. The minimum absolute atomic E-state index is 0.0320. The average Bonchev–Trinajstić information content (AvgIpc) is 3.08. The molecule has 124 valence electrons. The maximum atomic E-state index is 11.8. The van der Waals surface area contributed by atoms with Crippen LogP contribution in [-0.2, 0) is 0 Å². The number of hydrogen-bond donors (Lipinski definition) is 2. The van der Waals surface area contributed by atoms with Crippen LogP contribution in [0.15, 0.2) is 57.1 Å². The third-order valence-electron chi connectivity index (χ3n) is 2.68. The Morgan fingerprint density at radius 3 is 2.54 bits per heavy atom. The second-order valence-corrected chi connectivity index (χ2v) is 4.77. The Labute approximate surface area is 141 Å². The summed E-state index contributed by atoms with van der Waals surface area (Å²) in [6, 6.07) is 11.4. The lowest BCUT2D eigenvalue weighted by molar-refractivity contribution is -0.402. The van der Waals surface area contributed by atoms with Crippen LogP contribution in [0.5, 0.6) is 0 Å². The number of halogens is 1. The van der Waals surface area contributed by atoms with E-state index in [1.165, 1.54) is 13.0 Å². The molecule has 0 fully saturated rings. The molecular formula is C14H12ClN5O4. The summed E-state index contributed by atoms with van der Waals surface area (Å²) in [5, 5.41) is 18.2. The number of para-hydroxylation sites is 1. The van der Waals surface area contributed by atoms with Crippen molar-refractivity contribution in [3.8, 4) is 0 Å². The fourth-order valence-electron chi connectivity index (χ4n) is 1.49. The van der Waals surface area contributed by atoms with Gasteiger partial charge in [-0.3, -0.25) is 20.3 Å². The van der Waals surface area contributed by atoms with Crippen molar-refractivity contribution >= 4 is 40.0 Å². The lowest BCUT2D eigenvalue weighted by Crippen LogP contribution is -2.20. The molecule has 1 amide bonds. The molecule has 2 aromatic rings. The first kappa shape index (κ1) is 17.2. The van der Waals surface area contributed by atoms with Crippen molar-refractivity contribution < 1.29 is 14.1 Å². The number of rotatable bonds is 6. The smallest absolute Gasteiger partial charge is 0.395 e. The molecule has 1 aromatic carbocycles. The molecule has 0 radical (unpaired) electrons. The molecule has 0 spiro atoms. The summed E-state index contributed by atoms with van der Waals surface area (Å²) in [5.41, 5.74) is 5.86. The fourth-order valence-corrected chi connectivity index (χ4v) is 1.58. The zero-order valence-corrected chi connectivity index (χ0v) is 13.1. The van der Waals surface area contributed by atoms with Gasteiger partial charge in [-0.15, -0.1) is 0 Å². The van der Waals surface area contributed by atoms with Gasteiger partial charge in [0.1, 0.15) is 4.92 Å². The number of benzene rings is 1. The number of carbonyl (C=O) groups excluding carboxylic acids is 1. The van der Waals surface area contributed by atoms with Crippen LogP contribution in [0.1, 0.15) is 17.5 Å². The Morgan fingerprint density at radius 1 is 1.21 bits per heavy atom. The van der Waals surface area contributed by atoms with Gasteiger partial charge in [0.2, 0.25) is 5.76 Å². The van der Waals surface area contributed by atoms with Gasteiger partial charge in [0.15, 0.2) is 5.17 Å². The monoisotopic (exact) mass is 349 g/mol. The summed E-state index contributed by atoms with van der Waals surface area (Å²) in [6.07, 6.45) is 0. The molecule has 0 atom stereocenters. The number of furan rings is 1. The summed E-state index contributed by atoms with van der Waals surface area (Å²) in [5.74, 6) is -1.52. The minimum Gasteiger partial charge on any atom is -0.395 e. The predicted octanol–water partition coefficient (Wildman–Crippen LogP) is 2.96. The van der Waals surface area contributed by atoms with Gasteiger partial charge < -0.3 is 4.42 Å². The Morgan fingerprint density at radius 2 is 1.92 bits per heavy atom. The summed E-state index contributed by atoms with van der Waals surface area (Å²) < 4.78 is 4.75. The molecular weight excluding hydrogens is 338 g/mol. The highest BCUT2D eigenvalue weighted by Gasteiger charge is 2.17. The second-order valence-electron chi connectivity index (χ2n) is 4.41. The van der Waals surface area contributed by atoms with Crippen LogP contribution in [0.3, 0.4) is 0 Å². The van der Waals surface area contributed by atoms with Crippen molar-refractivity contribution in [1.29, 1.82) is 0 Å². The van der Waals surface area contributed by atoms with Gasteiger partial charge in [-0.05, 0) is 25.1 Å². The molecule has 0 saturated heterocycles. The van der Waals surface area contributed by atoms with Crippen LogP contribution < -0.4 is 10.9 Å². The van der Waals surface area contributed by atoms with Gasteiger partial charge in [-0.1, -0.05) is 29.8 Å². The van der Waals surface area contributed by atoms with Crippen LogP contribution in [0, 0.1) is 10.1 Å². The summed E-state index contributed by atoms with van der Waals surface area (Å²) >= 11 is 5.95. The molecule has 0 aliphatic rings. The van der Waals surface area contributed by atoms with E-state index in [0.29, 0.717) is 0 Å². The molecule has 2 N–H and O–H groups in total. The van der Waals surface area contributed by atoms with E-state index in [9.17, 15) is 14.9 Å². The highest BCUT2D eigenvalue weighted by Crippen LogP contribution is 2.15. The normalized spacial score (nSPS) is 11.9. The first-order chi connectivity index (χ1) is 11.5. The molecule has 0 saturated carbocycles. The number of nitrogens with one attached hydrogen (secondary N) is 2. The molecule has 0 unspecified atom stereocenters. The number of anilines is 1. The first-order valence-electron chi connectivity index (χ1n) is 6.61. The quantitative estimate of drug-likeness (QED) is 0.471. The third-order valence-corrected chi connectivity index (χ3v) is 3.03. The van der Waals surface area contributed by atoms with Gasteiger partial charge in [-0.25, -0.2) is 5.43 Å². The topological polar surface area (TPSA) is 122 Å². The summed E-state index contributed by atoms with van der Waals surface area (Å²) in [6.45, 7) is 1.53. The number of carbonyl (C=O) groups is 1. The predicted molar refractivity (Wildman–Crippen MR) is 89.3 cm³/mol. The van der Waals surface area contributed by atoms with Crippen molar-refractivity contribution in [3.63, 3.8) is 0 Å². The molecule has 9 nitrogen and oxygen atoms in total.